The second-order valence-electron chi connectivity index (χ2n) is 10.6. The van der Waals surface area contributed by atoms with Gasteiger partial charge in [0.15, 0.2) is 11.6 Å². The normalized spacial score (nSPS) is 37.8. The van der Waals surface area contributed by atoms with Gasteiger partial charge in [0.2, 0.25) is 0 Å². The van der Waals surface area contributed by atoms with E-state index in [1.54, 1.807) is 0 Å². The molecular formula is C25H33NaO6. The molecule has 0 unspecified atom stereocenters. The van der Waals surface area contributed by atoms with Gasteiger partial charge in [-0.2, -0.15) is 0 Å². The van der Waals surface area contributed by atoms with E-state index in [-0.39, 0.29) is 77.3 Å². The summed E-state index contributed by atoms with van der Waals surface area (Å²) in [5.74, 6) is -0.175. The van der Waals surface area contributed by atoms with E-state index < -0.39 is 11.9 Å². The SMILES string of the molecule is C[C@]12CC[C@H]3[C@@H](CCC4=CC(=O)CC[C@@]43C)[C@@H]1CC[C@@H]2C(=O)COC(=O)CCC(=O)[O-].[Na+]. The Morgan fingerprint density at radius 1 is 1.03 bits per heavy atom. The van der Waals surface area contributed by atoms with Crippen LogP contribution in [0.5, 0.6) is 0 Å². The van der Waals surface area contributed by atoms with Gasteiger partial charge in [-0.25, -0.2) is 0 Å². The largest absolute Gasteiger partial charge is 1.00 e. The van der Waals surface area contributed by atoms with Crippen LogP contribution >= 0.6 is 0 Å². The summed E-state index contributed by atoms with van der Waals surface area (Å²) < 4.78 is 5.08. The zero-order chi connectivity index (χ0) is 22.4. The molecule has 170 valence electrons. The van der Waals surface area contributed by atoms with Crippen molar-refractivity contribution in [3.8, 4) is 0 Å². The first-order valence-electron chi connectivity index (χ1n) is 11.8. The summed E-state index contributed by atoms with van der Waals surface area (Å²) in [5, 5.41) is 10.5. The Morgan fingerprint density at radius 2 is 1.78 bits per heavy atom. The number of Topliss-reactive ketones (excluding diaryl/α,β-unsaturated/α-hetero) is 1. The van der Waals surface area contributed by atoms with Crippen LogP contribution in [0, 0.1) is 34.5 Å². The molecule has 0 aromatic carbocycles. The predicted molar refractivity (Wildman–Crippen MR) is 110 cm³/mol. The van der Waals surface area contributed by atoms with E-state index in [0.717, 1.165) is 44.9 Å². The van der Waals surface area contributed by atoms with Crippen molar-refractivity contribution in [2.24, 2.45) is 34.5 Å². The van der Waals surface area contributed by atoms with Gasteiger partial charge in [-0.15, -0.1) is 0 Å². The van der Waals surface area contributed by atoms with Crippen molar-refractivity contribution in [3.63, 3.8) is 0 Å². The van der Waals surface area contributed by atoms with Crippen molar-refractivity contribution >= 4 is 23.5 Å². The molecule has 3 fully saturated rings. The Hall–Kier alpha value is -0.980. The van der Waals surface area contributed by atoms with Crippen molar-refractivity contribution in [2.75, 3.05) is 6.61 Å². The third kappa shape index (κ3) is 4.52. The van der Waals surface area contributed by atoms with Gasteiger partial charge in [-0.3, -0.25) is 14.4 Å². The summed E-state index contributed by atoms with van der Waals surface area (Å²) in [5.41, 5.74) is 1.40. The van der Waals surface area contributed by atoms with E-state index in [4.69, 9.17) is 4.74 Å². The summed E-state index contributed by atoms with van der Waals surface area (Å²) in [6.07, 6.45) is 8.88. The van der Waals surface area contributed by atoms with Crippen LogP contribution < -0.4 is 34.7 Å². The van der Waals surface area contributed by atoms with Gasteiger partial charge < -0.3 is 14.6 Å². The maximum absolute atomic E-state index is 13.0. The van der Waals surface area contributed by atoms with Gasteiger partial charge in [-0.1, -0.05) is 19.4 Å². The molecule has 0 aromatic heterocycles. The molecule has 7 heteroatoms. The van der Waals surface area contributed by atoms with Crippen LogP contribution in [-0.4, -0.2) is 30.1 Å². The number of aliphatic carboxylic acids is 1. The van der Waals surface area contributed by atoms with Gasteiger partial charge in [0.05, 0.1) is 6.42 Å². The Labute approximate surface area is 212 Å². The fourth-order valence-corrected chi connectivity index (χ4v) is 7.62. The van der Waals surface area contributed by atoms with E-state index in [1.807, 2.05) is 6.08 Å². The average Bonchev–Trinajstić information content (AvgIpc) is 3.08. The number of ketones is 2. The Kier molecular flexibility index (Phi) is 7.78. The van der Waals surface area contributed by atoms with Crippen molar-refractivity contribution in [1.29, 1.82) is 0 Å². The third-order valence-corrected chi connectivity index (χ3v) is 9.26. The summed E-state index contributed by atoms with van der Waals surface area (Å²) in [6.45, 7) is 4.34. The van der Waals surface area contributed by atoms with Gasteiger partial charge in [0.1, 0.15) is 6.61 Å². The first-order valence-corrected chi connectivity index (χ1v) is 11.8. The van der Waals surface area contributed by atoms with Crippen molar-refractivity contribution in [3.05, 3.63) is 11.6 Å². The topological polar surface area (TPSA) is 101 Å². The minimum absolute atomic E-state index is 0. The molecule has 0 spiro atoms. The molecule has 0 amide bonds. The van der Waals surface area contributed by atoms with E-state index in [0.29, 0.717) is 24.2 Å². The molecule has 4 aliphatic carbocycles. The number of allylic oxidation sites excluding steroid dienone is 1. The molecule has 0 saturated heterocycles. The molecule has 0 aromatic rings. The number of carboxylic acid groups (broad SMARTS) is 1. The summed E-state index contributed by atoms with van der Waals surface area (Å²) in [4.78, 5) is 47.2. The van der Waals surface area contributed by atoms with Crippen LogP contribution in [0.25, 0.3) is 0 Å². The van der Waals surface area contributed by atoms with Gasteiger partial charge in [0.25, 0.3) is 0 Å². The summed E-state index contributed by atoms with van der Waals surface area (Å²) in [6, 6.07) is 0. The monoisotopic (exact) mass is 452 g/mol. The van der Waals surface area contributed by atoms with Gasteiger partial charge in [0, 0.05) is 18.3 Å². The first-order chi connectivity index (χ1) is 14.6. The number of hydrogen-bond acceptors (Lipinski definition) is 6. The minimum Gasteiger partial charge on any atom is -0.550 e. The number of carbonyl (C=O) groups excluding carboxylic acids is 4. The molecule has 4 aliphatic rings. The molecular weight excluding hydrogens is 419 g/mol. The number of fused-ring (bicyclic) bond motifs is 5. The van der Waals surface area contributed by atoms with Crippen molar-refractivity contribution in [2.45, 2.75) is 78.1 Å². The smallest absolute Gasteiger partial charge is 0.550 e. The number of ether oxygens (including phenoxy) is 1. The molecule has 6 atom stereocenters. The van der Waals surface area contributed by atoms with E-state index >= 15 is 0 Å². The second kappa shape index (κ2) is 9.71. The van der Waals surface area contributed by atoms with Crippen molar-refractivity contribution in [1.82, 2.24) is 0 Å². The zero-order valence-electron chi connectivity index (χ0n) is 19.6. The van der Waals surface area contributed by atoms with Crippen LogP contribution in [0.15, 0.2) is 11.6 Å². The van der Waals surface area contributed by atoms with E-state index in [9.17, 15) is 24.3 Å². The molecule has 0 bridgehead atoms. The Bertz CT molecular complexity index is 834. The average molecular weight is 453 g/mol. The molecule has 0 radical (unpaired) electrons. The first kappa shape index (κ1) is 25.6. The maximum Gasteiger partial charge on any atom is 1.00 e. The minimum atomic E-state index is -1.30. The molecule has 4 rings (SSSR count). The molecule has 0 heterocycles. The van der Waals surface area contributed by atoms with Crippen LogP contribution in [0.1, 0.15) is 78.1 Å². The summed E-state index contributed by atoms with van der Waals surface area (Å²) >= 11 is 0. The van der Waals surface area contributed by atoms with Crippen LogP contribution in [0.3, 0.4) is 0 Å². The van der Waals surface area contributed by atoms with Crippen molar-refractivity contribution < 1.29 is 58.6 Å². The standard InChI is InChI=1S/C25H34O6.Na/c1-24-11-9-16(26)13-15(24)3-4-17-18-5-6-20(25(18,2)12-10-19(17)24)21(27)14-31-23(30)8-7-22(28)29;/h13,17-20H,3-12,14H2,1-2H3,(H,28,29);/q;+1/p-1/t17-,18-,19-,20+,24-,25-;/m0./s1. The number of esters is 1. The third-order valence-electron chi connectivity index (χ3n) is 9.26. The van der Waals surface area contributed by atoms with Gasteiger partial charge >= 0.3 is 35.5 Å². The maximum atomic E-state index is 13.0. The molecule has 6 nitrogen and oxygen atoms in total. The summed E-state index contributed by atoms with van der Waals surface area (Å²) in [7, 11) is 0. The number of carboxylic acids is 1. The van der Waals surface area contributed by atoms with Crippen LogP contribution in [0.4, 0.5) is 0 Å². The van der Waals surface area contributed by atoms with E-state index in [2.05, 4.69) is 13.8 Å². The molecule has 0 aliphatic heterocycles. The van der Waals surface area contributed by atoms with Crippen LogP contribution in [0.2, 0.25) is 0 Å². The molecule has 32 heavy (non-hydrogen) atoms. The number of carbonyl (C=O) groups is 4. The van der Waals surface area contributed by atoms with E-state index in [1.165, 1.54) is 5.57 Å². The fraction of sp³-hybridized carbons (Fsp3) is 0.760. The Morgan fingerprint density at radius 3 is 2.50 bits per heavy atom. The Balaban J connectivity index is 0.00000289. The van der Waals surface area contributed by atoms with Crippen LogP contribution in [-0.2, 0) is 23.9 Å². The quantitative estimate of drug-likeness (QED) is 0.408. The zero-order valence-corrected chi connectivity index (χ0v) is 21.6. The molecule has 3 saturated carbocycles. The fourth-order valence-electron chi connectivity index (χ4n) is 7.62. The predicted octanol–water partition coefficient (Wildman–Crippen LogP) is -0.219. The number of rotatable bonds is 6. The van der Waals surface area contributed by atoms with Gasteiger partial charge in [-0.05, 0) is 86.0 Å². The number of hydrogen-bond donors (Lipinski definition) is 0. The molecule has 0 N–H and O–H groups in total. The second-order valence-corrected chi connectivity index (χ2v) is 10.6.